The van der Waals surface area contributed by atoms with Gasteiger partial charge in [-0.2, -0.15) is 0 Å². The molecule has 0 saturated heterocycles. The molecular weight excluding hydrogens is 117 g/mol. The van der Waals surface area contributed by atoms with Gasteiger partial charge in [0.15, 0.2) is 0 Å². The van der Waals surface area contributed by atoms with Gasteiger partial charge < -0.3 is 5.73 Å². The summed E-state index contributed by atoms with van der Waals surface area (Å²) in [5.41, 5.74) is 5.37. The smallest absolute Gasteiger partial charge is 0.104 e. The van der Waals surface area contributed by atoms with Crippen molar-refractivity contribution in [3.05, 3.63) is 0 Å². The van der Waals surface area contributed by atoms with Gasteiger partial charge in [-0.25, -0.2) is 4.39 Å². The van der Waals surface area contributed by atoms with Crippen molar-refractivity contribution < 1.29 is 4.39 Å². The summed E-state index contributed by atoms with van der Waals surface area (Å²) in [4.78, 5) is 0. The molecular formula is C7H14FN. The second kappa shape index (κ2) is 2.65. The SMILES string of the molecule is C[C@@H]1CC[C@H](F)[C@H]1CN. The molecule has 1 rings (SSSR count). The van der Waals surface area contributed by atoms with Gasteiger partial charge in [-0.3, -0.25) is 0 Å². The van der Waals surface area contributed by atoms with E-state index in [0.717, 1.165) is 12.8 Å². The van der Waals surface area contributed by atoms with Gasteiger partial charge >= 0.3 is 0 Å². The summed E-state index contributed by atoms with van der Waals surface area (Å²) in [6.45, 7) is 2.60. The van der Waals surface area contributed by atoms with Crippen molar-refractivity contribution in [3.63, 3.8) is 0 Å². The van der Waals surface area contributed by atoms with Crippen molar-refractivity contribution in [2.75, 3.05) is 6.54 Å². The summed E-state index contributed by atoms with van der Waals surface area (Å²) in [6, 6.07) is 0. The monoisotopic (exact) mass is 131 g/mol. The van der Waals surface area contributed by atoms with Crippen LogP contribution in [0.15, 0.2) is 0 Å². The first-order valence-electron chi connectivity index (χ1n) is 3.60. The summed E-state index contributed by atoms with van der Waals surface area (Å²) in [7, 11) is 0. The molecule has 0 aromatic heterocycles. The molecule has 1 saturated carbocycles. The Balaban J connectivity index is 2.44. The van der Waals surface area contributed by atoms with Crippen molar-refractivity contribution >= 4 is 0 Å². The fourth-order valence-corrected chi connectivity index (χ4v) is 1.59. The van der Waals surface area contributed by atoms with Crippen LogP contribution in [-0.2, 0) is 0 Å². The molecule has 9 heavy (non-hydrogen) atoms. The molecule has 1 nitrogen and oxygen atoms in total. The highest BCUT2D eigenvalue weighted by Crippen LogP contribution is 2.32. The van der Waals surface area contributed by atoms with E-state index in [-0.39, 0.29) is 5.92 Å². The standard InChI is InChI=1S/C7H14FN/c1-5-2-3-7(8)6(5)4-9/h5-7H,2-4,9H2,1H3/t5-,6+,7+/m1/s1. The molecule has 2 N–H and O–H groups in total. The number of halogens is 1. The molecule has 0 aromatic rings. The van der Waals surface area contributed by atoms with Gasteiger partial charge in [0.1, 0.15) is 6.17 Å². The third kappa shape index (κ3) is 1.23. The molecule has 1 aliphatic rings. The minimum atomic E-state index is -0.620. The van der Waals surface area contributed by atoms with Crippen LogP contribution in [0.2, 0.25) is 0 Å². The lowest BCUT2D eigenvalue weighted by atomic mass is 9.98. The Labute approximate surface area is 55.4 Å². The first-order chi connectivity index (χ1) is 4.25. The molecule has 54 valence electrons. The van der Waals surface area contributed by atoms with E-state index in [1.807, 2.05) is 0 Å². The zero-order valence-electron chi connectivity index (χ0n) is 5.81. The van der Waals surface area contributed by atoms with Crippen LogP contribution < -0.4 is 5.73 Å². The van der Waals surface area contributed by atoms with Crippen molar-refractivity contribution in [1.82, 2.24) is 0 Å². The molecule has 0 amide bonds. The van der Waals surface area contributed by atoms with E-state index in [2.05, 4.69) is 6.92 Å². The first kappa shape index (κ1) is 7.00. The predicted molar refractivity (Wildman–Crippen MR) is 35.8 cm³/mol. The van der Waals surface area contributed by atoms with E-state index in [1.165, 1.54) is 0 Å². The van der Waals surface area contributed by atoms with Gasteiger partial charge in [-0.15, -0.1) is 0 Å². The third-order valence-corrected chi connectivity index (χ3v) is 2.37. The fourth-order valence-electron chi connectivity index (χ4n) is 1.59. The summed E-state index contributed by atoms with van der Waals surface area (Å²) >= 11 is 0. The molecule has 1 fully saturated rings. The van der Waals surface area contributed by atoms with E-state index in [9.17, 15) is 4.39 Å². The maximum atomic E-state index is 12.8. The van der Waals surface area contributed by atoms with Crippen LogP contribution in [0.4, 0.5) is 4.39 Å². The Morgan fingerprint density at radius 1 is 1.56 bits per heavy atom. The minimum absolute atomic E-state index is 0.144. The van der Waals surface area contributed by atoms with Crippen LogP contribution in [0.3, 0.4) is 0 Å². The Bertz CT molecular complexity index is 84.9. The number of nitrogens with two attached hydrogens (primary N) is 1. The fraction of sp³-hybridized carbons (Fsp3) is 1.00. The Hall–Kier alpha value is -0.110. The topological polar surface area (TPSA) is 26.0 Å². The summed E-state index contributed by atoms with van der Waals surface area (Å²) < 4.78 is 12.8. The van der Waals surface area contributed by atoms with Gasteiger partial charge in [-0.1, -0.05) is 6.92 Å². The van der Waals surface area contributed by atoms with Gasteiger partial charge in [0.25, 0.3) is 0 Å². The van der Waals surface area contributed by atoms with E-state index in [4.69, 9.17) is 5.73 Å². The van der Waals surface area contributed by atoms with Crippen LogP contribution in [-0.4, -0.2) is 12.7 Å². The van der Waals surface area contributed by atoms with Crippen molar-refractivity contribution in [1.29, 1.82) is 0 Å². The Morgan fingerprint density at radius 2 is 2.22 bits per heavy atom. The number of alkyl halides is 1. The molecule has 0 heterocycles. The Morgan fingerprint density at radius 3 is 2.44 bits per heavy atom. The van der Waals surface area contributed by atoms with E-state index < -0.39 is 6.17 Å². The average Bonchev–Trinajstić information content (AvgIpc) is 2.12. The summed E-state index contributed by atoms with van der Waals surface area (Å²) in [6.07, 6.45) is 1.12. The van der Waals surface area contributed by atoms with Crippen molar-refractivity contribution in [2.45, 2.75) is 25.9 Å². The number of hydrogen-bond donors (Lipinski definition) is 1. The number of rotatable bonds is 1. The lowest BCUT2D eigenvalue weighted by Crippen LogP contribution is -2.23. The van der Waals surface area contributed by atoms with E-state index in [1.54, 1.807) is 0 Å². The molecule has 3 atom stereocenters. The van der Waals surface area contributed by atoms with Crippen LogP contribution in [0.1, 0.15) is 19.8 Å². The summed E-state index contributed by atoms with van der Waals surface area (Å²) in [5, 5.41) is 0. The maximum absolute atomic E-state index is 12.8. The highest BCUT2D eigenvalue weighted by Gasteiger charge is 2.31. The van der Waals surface area contributed by atoms with E-state index >= 15 is 0 Å². The lowest BCUT2D eigenvalue weighted by molar-refractivity contribution is 0.242. The molecule has 0 spiro atoms. The quantitative estimate of drug-likeness (QED) is 0.570. The first-order valence-corrected chi connectivity index (χ1v) is 3.60. The Kier molecular flexibility index (Phi) is 2.06. The lowest BCUT2D eigenvalue weighted by Gasteiger charge is -2.13. The van der Waals surface area contributed by atoms with Gasteiger partial charge in [0.05, 0.1) is 0 Å². The molecule has 0 radical (unpaired) electrons. The van der Waals surface area contributed by atoms with Crippen LogP contribution in [0.5, 0.6) is 0 Å². The molecule has 1 aliphatic carbocycles. The van der Waals surface area contributed by atoms with Crippen LogP contribution >= 0.6 is 0 Å². The maximum Gasteiger partial charge on any atom is 0.104 e. The van der Waals surface area contributed by atoms with Crippen molar-refractivity contribution in [3.8, 4) is 0 Å². The van der Waals surface area contributed by atoms with Crippen LogP contribution in [0.25, 0.3) is 0 Å². The normalized spacial score (nSPS) is 43.7. The van der Waals surface area contributed by atoms with Gasteiger partial charge in [0, 0.05) is 5.92 Å². The third-order valence-electron chi connectivity index (χ3n) is 2.37. The average molecular weight is 131 g/mol. The minimum Gasteiger partial charge on any atom is -0.330 e. The molecule has 0 unspecified atom stereocenters. The number of hydrogen-bond acceptors (Lipinski definition) is 1. The van der Waals surface area contributed by atoms with E-state index in [0.29, 0.717) is 12.5 Å². The molecule has 0 aliphatic heterocycles. The van der Waals surface area contributed by atoms with Crippen molar-refractivity contribution in [2.24, 2.45) is 17.6 Å². The second-order valence-electron chi connectivity index (χ2n) is 2.97. The highest BCUT2D eigenvalue weighted by atomic mass is 19.1. The highest BCUT2D eigenvalue weighted by molar-refractivity contribution is 4.82. The second-order valence-corrected chi connectivity index (χ2v) is 2.97. The predicted octanol–water partition coefficient (Wildman–Crippen LogP) is 1.33. The van der Waals surface area contributed by atoms with Crippen LogP contribution in [0, 0.1) is 11.8 Å². The summed E-state index contributed by atoms with van der Waals surface area (Å²) in [5.74, 6) is 0.648. The molecule has 0 bridgehead atoms. The van der Waals surface area contributed by atoms with Gasteiger partial charge in [0.2, 0.25) is 0 Å². The molecule has 0 aromatic carbocycles. The molecule has 2 heteroatoms. The largest absolute Gasteiger partial charge is 0.330 e. The zero-order valence-corrected chi connectivity index (χ0v) is 5.81. The van der Waals surface area contributed by atoms with Gasteiger partial charge in [-0.05, 0) is 25.3 Å². The zero-order chi connectivity index (χ0) is 6.85.